The van der Waals surface area contributed by atoms with Gasteiger partial charge in [0.25, 0.3) is 11.8 Å². The van der Waals surface area contributed by atoms with Crippen molar-refractivity contribution in [2.24, 2.45) is 11.8 Å². The van der Waals surface area contributed by atoms with Crippen LogP contribution in [0.2, 0.25) is 0 Å². The average molecular weight is 399 g/mol. The van der Waals surface area contributed by atoms with E-state index in [-0.39, 0.29) is 11.8 Å². The third-order valence-corrected chi connectivity index (χ3v) is 5.88. The summed E-state index contributed by atoms with van der Waals surface area (Å²) in [5.41, 5.74) is 0.678. The lowest BCUT2D eigenvalue weighted by Crippen LogP contribution is -2.48. The van der Waals surface area contributed by atoms with Gasteiger partial charge in [-0.05, 0) is 56.6 Å². The summed E-state index contributed by atoms with van der Waals surface area (Å²) >= 11 is 0. The predicted octanol–water partition coefficient (Wildman–Crippen LogP) is 1.48. The van der Waals surface area contributed by atoms with Crippen LogP contribution in [0.15, 0.2) is 30.3 Å². The maximum Gasteiger partial charge on any atom is 0.289 e. The van der Waals surface area contributed by atoms with Gasteiger partial charge in [0.15, 0.2) is 0 Å². The van der Waals surface area contributed by atoms with Crippen molar-refractivity contribution < 1.29 is 19.2 Å². The molecule has 1 unspecified atom stereocenters. The molecule has 0 radical (unpaired) electrons. The molecule has 1 aliphatic carbocycles. The molecule has 0 aromatic heterocycles. The van der Waals surface area contributed by atoms with E-state index in [4.69, 9.17) is 0 Å². The van der Waals surface area contributed by atoms with E-state index >= 15 is 0 Å². The van der Waals surface area contributed by atoms with Crippen LogP contribution >= 0.6 is 0 Å². The Hall–Kier alpha value is -2.70. The quantitative estimate of drug-likeness (QED) is 0.503. The van der Waals surface area contributed by atoms with Crippen molar-refractivity contribution in [2.75, 3.05) is 26.2 Å². The second-order valence-electron chi connectivity index (χ2n) is 8.10. The Morgan fingerprint density at radius 3 is 2.34 bits per heavy atom. The lowest BCUT2D eigenvalue weighted by Gasteiger charge is -2.35. The van der Waals surface area contributed by atoms with Crippen LogP contribution in [0.4, 0.5) is 0 Å². The third kappa shape index (κ3) is 5.65. The van der Waals surface area contributed by atoms with Gasteiger partial charge in [0.2, 0.25) is 12.2 Å². The average Bonchev–Trinajstić information content (AvgIpc) is 3.60. The summed E-state index contributed by atoms with van der Waals surface area (Å²) in [7, 11) is 0. The second-order valence-corrected chi connectivity index (χ2v) is 8.10. The number of hydrogen-bond donors (Lipinski definition) is 1. The predicted molar refractivity (Wildman–Crippen MR) is 108 cm³/mol. The van der Waals surface area contributed by atoms with Gasteiger partial charge in [-0.1, -0.05) is 18.2 Å². The first-order valence-electron chi connectivity index (χ1n) is 10.4. The molecule has 29 heavy (non-hydrogen) atoms. The molecular weight excluding hydrogens is 370 g/mol. The van der Waals surface area contributed by atoms with Gasteiger partial charge in [0.05, 0.1) is 6.04 Å². The standard InChI is InChI=1S/C22H29N3O4/c1-16(20(27)21(28)23-13-17-7-8-17)25(15-26)14-18-9-11-24(12-10-18)22(29)19-5-3-2-4-6-19/h2-6,15-18H,7-14H2,1H3,(H,23,28). The number of piperidine rings is 1. The van der Waals surface area contributed by atoms with Crippen molar-refractivity contribution in [3.8, 4) is 0 Å². The van der Waals surface area contributed by atoms with Crippen molar-refractivity contribution in [1.82, 2.24) is 15.1 Å². The molecule has 2 fully saturated rings. The fraction of sp³-hybridized carbons (Fsp3) is 0.545. The molecule has 1 saturated carbocycles. The number of Topliss-reactive ketones (excluding diaryl/α,β-unsaturated/α-hetero) is 1. The van der Waals surface area contributed by atoms with Crippen LogP contribution < -0.4 is 5.32 Å². The van der Waals surface area contributed by atoms with Gasteiger partial charge in [-0.25, -0.2) is 0 Å². The van der Waals surface area contributed by atoms with Gasteiger partial charge in [0, 0.05) is 31.7 Å². The molecule has 1 N–H and O–H groups in total. The van der Waals surface area contributed by atoms with Crippen LogP contribution in [-0.2, 0) is 14.4 Å². The number of hydrogen-bond acceptors (Lipinski definition) is 4. The van der Waals surface area contributed by atoms with Crippen molar-refractivity contribution in [3.05, 3.63) is 35.9 Å². The molecule has 2 aliphatic rings. The van der Waals surface area contributed by atoms with Crippen LogP contribution in [-0.4, -0.2) is 66.0 Å². The molecule has 7 heteroatoms. The zero-order chi connectivity index (χ0) is 20.8. The number of nitrogens with one attached hydrogen (secondary N) is 1. The van der Waals surface area contributed by atoms with Gasteiger partial charge in [-0.3, -0.25) is 19.2 Å². The number of nitrogens with zero attached hydrogens (tertiary/aromatic N) is 2. The van der Waals surface area contributed by atoms with Crippen molar-refractivity contribution in [2.45, 2.75) is 38.6 Å². The van der Waals surface area contributed by atoms with E-state index in [9.17, 15) is 19.2 Å². The molecular formula is C22H29N3O4. The molecule has 3 amide bonds. The summed E-state index contributed by atoms with van der Waals surface area (Å²) in [6.07, 6.45) is 4.36. The van der Waals surface area contributed by atoms with E-state index in [1.165, 1.54) is 4.90 Å². The minimum Gasteiger partial charge on any atom is -0.349 e. The molecule has 1 atom stereocenters. The number of ketones is 1. The smallest absolute Gasteiger partial charge is 0.289 e. The molecule has 0 spiro atoms. The molecule has 1 saturated heterocycles. The van der Waals surface area contributed by atoms with Gasteiger partial charge >= 0.3 is 0 Å². The summed E-state index contributed by atoms with van der Waals surface area (Å²) in [6.45, 7) is 3.79. The van der Waals surface area contributed by atoms with E-state index in [0.29, 0.717) is 44.1 Å². The second kappa shape index (κ2) is 9.67. The lowest BCUT2D eigenvalue weighted by atomic mass is 9.95. The largest absolute Gasteiger partial charge is 0.349 e. The van der Waals surface area contributed by atoms with Crippen LogP contribution in [0.25, 0.3) is 0 Å². The summed E-state index contributed by atoms with van der Waals surface area (Å²) in [6, 6.07) is 8.41. The van der Waals surface area contributed by atoms with E-state index in [1.807, 2.05) is 35.2 Å². The Morgan fingerprint density at radius 2 is 1.76 bits per heavy atom. The minimum atomic E-state index is -0.782. The number of amides is 3. The van der Waals surface area contributed by atoms with Gasteiger partial charge < -0.3 is 15.1 Å². The monoisotopic (exact) mass is 399 g/mol. The molecule has 1 aromatic carbocycles. The van der Waals surface area contributed by atoms with Crippen LogP contribution in [0.5, 0.6) is 0 Å². The Kier molecular flexibility index (Phi) is 7.01. The summed E-state index contributed by atoms with van der Waals surface area (Å²) in [5.74, 6) is -0.473. The summed E-state index contributed by atoms with van der Waals surface area (Å²) in [5, 5.41) is 2.67. The fourth-order valence-electron chi connectivity index (χ4n) is 3.66. The Bertz CT molecular complexity index is 740. The molecule has 0 bridgehead atoms. The fourth-order valence-corrected chi connectivity index (χ4v) is 3.66. The van der Waals surface area contributed by atoms with Gasteiger partial charge in [-0.2, -0.15) is 0 Å². The highest BCUT2D eigenvalue weighted by atomic mass is 16.2. The molecule has 1 heterocycles. The highest BCUT2D eigenvalue weighted by Gasteiger charge is 2.31. The van der Waals surface area contributed by atoms with Crippen molar-refractivity contribution in [3.63, 3.8) is 0 Å². The molecule has 3 rings (SSSR count). The topological polar surface area (TPSA) is 86.8 Å². The zero-order valence-corrected chi connectivity index (χ0v) is 16.9. The number of carbonyl (C=O) groups excluding carboxylic acids is 4. The van der Waals surface area contributed by atoms with E-state index in [0.717, 1.165) is 25.7 Å². The van der Waals surface area contributed by atoms with E-state index in [2.05, 4.69) is 5.32 Å². The minimum absolute atomic E-state index is 0.0205. The number of rotatable bonds is 9. The third-order valence-electron chi connectivity index (χ3n) is 5.88. The number of carbonyl (C=O) groups is 4. The SMILES string of the molecule is CC(C(=O)C(=O)NCC1CC1)N(C=O)CC1CCN(C(=O)c2ccccc2)CC1. The lowest BCUT2D eigenvalue weighted by molar-refractivity contribution is -0.142. The summed E-state index contributed by atoms with van der Waals surface area (Å²) < 4.78 is 0. The molecule has 1 aliphatic heterocycles. The Morgan fingerprint density at radius 1 is 1.10 bits per heavy atom. The first-order valence-corrected chi connectivity index (χ1v) is 10.4. The molecule has 156 valence electrons. The normalized spacial score (nSPS) is 18.0. The van der Waals surface area contributed by atoms with Gasteiger partial charge in [-0.15, -0.1) is 0 Å². The maximum atomic E-state index is 12.5. The number of likely N-dealkylation sites (tertiary alicyclic amines) is 1. The number of benzene rings is 1. The van der Waals surface area contributed by atoms with Crippen LogP contribution in [0, 0.1) is 11.8 Å². The van der Waals surface area contributed by atoms with Crippen molar-refractivity contribution in [1.29, 1.82) is 0 Å². The summed E-state index contributed by atoms with van der Waals surface area (Å²) in [4.78, 5) is 51.7. The van der Waals surface area contributed by atoms with Crippen LogP contribution in [0.3, 0.4) is 0 Å². The highest BCUT2D eigenvalue weighted by Crippen LogP contribution is 2.27. The van der Waals surface area contributed by atoms with Crippen LogP contribution in [0.1, 0.15) is 43.0 Å². The first kappa shape index (κ1) is 21.0. The molecule has 7 nitrogen and oxygen atoms in total. The molecule has 1 aromatic rings. The van der Waals surface area contributed by atoms with Crippen molar-refractivity contribution >= 4 is 24.0 Å². The first-order chi connectivity index (χ1) is 14.0. The Labute approximate surface area is 171 Å². The highest BCUT2D eigenvalue weighted by molar-refractivity contribution is 6.38. The zero-order valence-electron chi connectivity index (χ0n) is 16.9. The van der Waals surface area contributed by atoms with E-state index < -0.39 is 17.7 Å². The Balaban J connectivity index is 1.47. The maximum absolute atomic E-state index is 12.5. The van der Waals surface area contributed by atoms with Gasteiger partial charge in [0.1, 0.15) is 0 Å². The van der Waals surface area contributed by atoms with E-state index in [1.54, 1.807) is 6.92 Å².